The fraction of sp³-hybridized carbons (Fsp3) is 0.615. The van der Waals surface area contributed by atoms with Crippen LogP contribution < -0.4 is 11.3 Å². The molecule has 0 spiro atoms. The molecule has 1 amide bonds. The molecular formula is C13H21N3O3. The summed E-state index contributed by atoms with van der Waals surface area (Å²) < 4.78 is 5.34. The van der Waals surface area contributed by atoms with Gasteiger partial charge in [-0.3, -0.25) is 15.1 Å². The molecule has 0 saturated heterocycles. The van der Waals surface area contributed by atoms with Gasteiger partial charge in [0.25, 0.3) is 5.91 Å². The summed E-state index contributed by atoms with van der Waals surface area (Å²) in [7, 11) is 1.96. The summed E-state index contributed by atoms with van der Waals surface area (Å²) in [5, 5.41) is 10.00. The van der Waals surface area contributed by atoms with Gasteiger partial charge in [-0.05, 0) is 26.0 Å². The minimum absolute atomic E-state index is 0.158. The van der Waals surface area contributed by atoms with Crippen molar-refractivity contribution in [3.05, 3.63) is 23.7 Å². The van der Waals surface area contributed by atoms with Gasteiger partial charge in [0, 0.05) is 6.04 Å². The number of nitrogens with zero attached hydrogens (tertiary/aromatic N) is 1. The van der Waals surface area contributed by atoms with Crippen molar-refractivity contribution < 1.29 is 14.3 Å². The molecule has 0 bridgehead atoms. The lowest BCUT2D eigenvalue weighted by atomic mass is 9.91. The first-order chi connectivity index (χ1) is 9.11. The Morgan fingerprint density at radius 2 is 2.32 bits per heavy atom. The van der Waals surface area contributed by atoms with Crippen molar-refractivity contribution in [2.45, 2.75) is 44.4 Å². The summed E-state index contributed by atoms with van der Waals surface area (Å²) in [4.78, 5) is 13.4. The second-order valence-corrected chi connectivity index (χ2v) is 5.11. The normalized spacial score (nSPS) is 23.6. The number of hydrazine groups is 1. The first kappa shape index (κ1) is 14.0. The number of hydrogen-bond acceptors (Lipinski definition) is 5. The molecule has 0 aliphatic heterocycles. The lowest BCUT2D eigenvalue weighted by Gasteiger charge is -2.34. The topological polar surface area (TPSA) is 91.7 Å². The van der Waals surface area contributed by atoms with Crippen LogP contribution in [0.4, 0.5) is 0 Å². The van der Waals surface area contributed by atoms with Gasteiger partial charge in [0.05, 0.1) is 18.2 Å². The Bertz CT molecular complexity index is 433. The van der Waals surface area contributed by atoms with Gasteiger partial charge >= 0.3 is 0 Å². The zero-order valence-corrected chi connectivity index (χ0v) is 11.1. The van der Waals surface area contributed by atoms with Crippen LogP contribution in [0.25, 0.3) is 0 Å². The van der Waals surface area contributed by atoms with Crippen LogP contribution in [-0.4, -0.2) is 35.1 Å². The number of carbonyl (C=O) groups excluding carboxylic acids is 1. The molecule has 1 aromatic rings. The molecule has 2 rings (SSSR count). The van der Waals surface area contributed by atoms with E-state index in [0.717, 1.165) is 25.7 Å². The summed E-state index contributed by atoms with van der Waals surface area (Å²) in [6.07, 6.45) is 5.20. The Labute approximate surface area is 112 Å². The maximum atomic E-state index is 11.3. The summed E-state index contributed by atoms with van der Waals surface area (Å²) in [5.41, 5.74) is 2.48. The fourth-order valence-corrected chi connectivity index (χ4v) is 2.63. The van der Waals surface area contributed by atoms with E-state index in [4.69, 9.17) is 10.3 Å². The van der Waals surface area contributed by atoms with Crippen LogP contribution in [0.2, 0.25) is 0 Å². The standard InChI is InChI=1S/C13H21N3O3/c1-16(11-4-2-3-5-12(11)17)7-10-6-9(8-19-10)13(18)15-14/h6,8,11-12,17H,2-5,7,14H2,1H3,(H,15,18). The third-order valence-electron chi connectivity index (χ3n) is 3.71. The van der Waals surface area contributed by atoms with Gasteiger partial charge in [0.1, 0.15) is 12.0 Å². The predicted molar refractivity (Wildman–Crippen MR) is 70.1 cm³/mol. The number of nitrogens with two attached hydrogens (primary N) is 1. The second-order valence-electron chi connectivity index (χ2n) is 5.11. The van der Waals surface area contributed by atoms with Crippen molar-refractivity contribution in [2.24, 2.45) is 5.84 Å². The molecule has 0 aromatic carbocycles. The van der Waals surface area contributed by atoms with Gasteiger partial charge in [-0.15, -0.1) is 0 Å². The maximum Gasteiger partial charge on any atom is 0.268 e. The van der Waals surface area contributed by atoms with Crippen LogP contribution >= 0.6 is 0 Å². The average molecular weight is 267 g/mol. The number of carbonyl (C=O) groups is 1. The SMILES string of the molecule is CN(Cc1cc(C(=O)NN)co1)C1CCCCC1O. The first-order valence-electron chi connectivity index (χ1n) is 6.58. The molecule has 4 N–H and O–H groups in total. The van der Waals surface area contributed by atoms with Gasteiger partial charge < -0.3 is 9.52 Å². The number of furan rings is 1. The smallest absolute Gasteiger partial charge is 0.268 e. The van der Waals surface area contributed by atoms with Gasteiger partial charge in [-0.25, -0.2) is 5.84 Å². The highest BCUT2D eigenvalue weighted by atomic mass is 16.3. The number of aliphatic hydroxyl groups excluding tert-OH is 1. The van der Waals surface area contributed by atoms with Gasteiger partial charge in [-0.1, -0.05) is 12.8 Å². The van der Waals surface area contributed by atoms with E-state index < -0.39 is 0 Å². The monoisotopic (exact) mass is 267 g/mol. The van der Waals surface area contributed by atoms with Crippen molar-refractivity contribution >= 4 is 5.91 Å². The van der Waals surface area contributed by atoms with E-state index in [1.807, 2.05) is 7.05 Å². The number of rotatable bonds is 4. The molecule has 1 aromatic heterocycles. The third-order valence-corrected chi connectivity index (χ3v) is 3.71. The van der Waals surface area contributed by atoms with E-state index in [-0.39, 0.29) is 18.1 Å². The lowest BCUT2D eigenvalue weighted by molar-refractivity contribution is 0.0262. The molecule has 0 radical (unpaired) electrons. The van der Waals surface area contributed by atoms with Crippen LogP contribution in [0, 0.1) is 0 Å². The molecule has 1 heterocycles. The van der Waals surface area contributed by atoms with E-state index in [0.29, 0.717) is 17.9 Å². The van der Waals surface area contributed by atoms with Crippen LogP contribution in [-0.2, 0) is 6.54 Å². The molecule has 106 valence electrons. The van der Waals surface area contributed by atoms with Gasteiger partial charge in [0.15, 0.2) is 0 Å². The summed E-state index contributed by atoms with van der Waals surface area (Å²) in [6.45, 7) is 0.569. The number of aliphatic hydroxyl groups is 1. The Balaban J connectivity index is 1.96. The Morgan fingerprint density at radius 3 is 3.00 bits per heavy atom. The number of nitrogen functional groups attached to an aromatic ring is 1. The van der Waals surface area contributed by atoms with Gasteiger partial charge in [-0.2, -0.15) is 0 Å². The van der Waals surface area contributed by atoms with Crippen molar-refractivity contribution in [2.75, 3.05) is 7.05 Å². The average Bonchev–Trinajstić information content (AvgIpc) is 2.86. The molecule has 1 aliphatic carbocycles. The van der Waals surface area contributed by atoms with Crippen LogP contribution in [0.15, 0.2) is 16.7 Å². The number of likely N-dealkylation sites (N-methyl/N-ethyl adjacent to an activating group) is 1. The Hall–Kier alpha value is -1.37. The highest BCUT2D eigenvalue weighted by molar-refractivity contribution is 5.93. The van der Waals surface area contributed by atoms with E-state index in [1.165, 1.54) is 6.26 Å². The van der Waals surface area contributed by atoms with E-state index in [1.54, 1.807) is 6.07 Å². The molecule has 2 unspecified atom stereocenters. The molecule has 6 nitrogen and oxygen atoms in total. The summed E-state index contributed by atoms with van der Waals surface area (Å²) in [5.74, 6) is 5.39. The maximum absolute atomic E-state index is 11.3. The molecule has 1 aliphatic rings. The van der Waals surface area contributed by atoms with Crippen LogP contribution in [0.1, 0.15) is 41.8 Å². The van der Waals surface area contributed by atoms with E-state index in [9.17, 15) is 9.90 Å². The third kappa shape index (κ3) is 3.34. The Kier molecular flexibility index (Phi) is 4.57. The minimum atomic E-state index is -0.365. The van der Waals surface area contributed by atoms with Crippen molar-refractivity contribution in [3.63, 3.8) is 0 Å². The molecule has 1 saturated carbocycles. The van der Waals surface area contributed by atoms with Crippen LogP contribution in [0.5, 0.6) is 0 Å². The predicted octanol–water partition coefficient (Wildman–Crippen LogP) is 0.618. The fourth-order valence-electron chi connectivity index (χ4n) is 2.63. The zero-order valence-electron chi connectivity index (χ0n) is 11.1. The summed E-state index contributed by atoms with van der Waals surface area (Å²) >= 11 is 0. The molecule has 2 atom stereocenters. The van der Waals surface area contributed by atoms with Crippen LogP contribution in [0.3, 0.4) is 0 Å². The number of amides is 1. The number of hydrogen-bond donors (Lipinski definition) is 3. The molecule has 19 heavy (non-hydrogen) atoms. The Morgan fingerprint density at radius 1 is 1.58 bits per heavy atom. The van der Waals surface area contributed by atoms with E-state index in [2.05, 4.69) is 10.3 Å². The largest absolute Gasteiger partial charge is 0.467 e. The minimum Gasteiger partial charge on any atom is -0.467 e. The van der Waals surface area contributed by atoms with Crippen molar-refractivity contribution in [1.82, 2.24) is 10.3 Å². The highest BCUT2D eigenvalue weighted by Crippen LogP contribution is 2.23. The van der Waals surface area contributed by atoms with E-state index >= 15 is 0 Å². The van der Waals surface area contributed by atoms with Crippen molar-refractivity contribution in [3.8, 4) is 0 Å². The second kappa shape index (κ2) is 6.18. The highest BCUT2D eigenvalue weighted by Gasteiger charge is 2.27. The van der Waals surface area contributed by atoms with Gasteiger partial charge in [0.2, 0.25) is 0 Å². The lowest BCUT2D eigenvalue weighted by Crippen LogP contribution is -2.42. The molecule has 1 fully saturated rings. The molecule has 6 heteroatoms. The number of nitrogens with one attached hydrogen (secondary N) is 1. The summed E-state index contributed by atoms with van der Waals surface area (Å²) in [6, 6.07) is 1.83. The van der Waals surface area contributed by atoms with Crippen molar-refractivity contribution in [1.29, 1.82) is 0 Å². The first-order valence-corrected chi connectivity index (χ1v) is 6.58. The quantitative estimate of drug-likeness (QED) is 0.422. The zero-order chi connectivity index (χ0) is 13.8. The molecular weight excluding hydrogens is 246 g/mol.